The third-order valence-corrected chi connectivity index (χ3v) is 9.02. The highest BCUT2D eigenvalue weighted by atomic mass is 32.2. The number of aliphatic carboxylic acids is 1. The van der Waals surface area contributed by atoms with Crippen LogP contribution < -0.4 is 5.32 Å². The highest BCUT2D eigenvalue weighted by molar-refractivity contribution is 7.99. The van der Waals surface area contributed by atoms with Crippen molar-refractivity contribution in [2.75, 3.05) is 5.75 Å². The van der Waals surface area contributed by atoms with Crippen LogP contribution in [-0.4, -0.2) is 43.9 Å². The van der Waals surface area contributed by atoms with Gasteiger partial charge in [-0.3, -0.25) is 9.59 Å². The summed E-state index contributed by atoms with van der Waals surface area (Å²) in [6, 6.07) is 25.9. The minimum absolute atomic E-state index is 0.00525. The van der Waals surface area contributed by atoms with Gasteiger partial charge >= 0.3 is 5.97 Å². The van der Waals surface area contributed by atoms with Crippen molar-refractivity contribution in [2.45, 2.75) is 81.8 Å². The molecule has 9 nitrogen and oxygen atoms in total. The van der Waals surface area contributed by atoms with Gasteiger partial charge in [0.1, 0.15) is 0 Å². The summed E-state index contributed by atoms with van der Waals surface area (Å²) in [5.74, 6) is -0.108. The minimum atomic E-state index is -0.777. The molecule has 1 aliphatic heterocycles. The van der Waals surface area contributed by atoms with Crippen molar-refractivity contribution in [3.63, 3.8) is 0 Å². The molecular formula is C37H41N3O6S. The average Bonchev–Trinajstić information content (AvgIpc) is 3.11. The largest absolute Gasteiger partial charge is 0.481 e. The van der Waals surface area contributed by atoms with E-state index in [9.17, 15) is 14.7 Å². The molecule has 1 saturated heterocycles. The Morgan fingerprint density at radius 2 is 1.53 bits per heavy atom. The van der Waals surface area contributed by atoms with Gasteiger partial charge in [0, 0.05) is 49.5 Å². The molecule has 3 atom stereocenters. The molecule has 0 saturated carbocycles. The standard InChI is InChI=1S/C37H41N3O6S/c41-24-26-14-16-28(17-15-26)33-22-32(25-47-37-38-18-7-19-39-37)45-36(46-33)31-11-6-10-30(21-31)29-9-5-8-27(20-29)23-40-34(42)12-3-1-2-4-13-35(43)44/h5-11,14-21,32-33,36,41H,1-4,12-13,22-25H2,(H,40,42)(H,43,44)/t32-,33+,36+/m1/s1. The van der Waals surface area contributed by atoms with E-state index in [1.54, 1.807) is 30.2 Å². The Balaban J connectivity index is 1.23. The summed E-state index contributed by atoms with van der Waals surface area (Å²) in [4.78, 5) is 31.7. The van der Waals surface area contributed by atoms with Gasteiger partial charge in [0.2, 0.25) is 5.91 Å². The zero-order chi connectivity index (χ0) is 32.8. The van der Waals surface area contributed by atoms with Crippen LogP contribution in [0.25, 0.3) is 11.1 Å². The molecule has 0 bridgehead atoms. The van der Waals surface area contributed by atoms with Gasteiger partial charge in [-0.15, -0.1) is 0 Å². The molecule has 4 aromatic rings. The summed E-state index contributed by atoms with van der Waals surface area (Å²) in [6.45, 7) is 0.424. The van der Waals surface area contributed by atoms with Crippen LogP contribution in [0, 0.1) is 0 Å². The summed E-state index contributed by atoms with van der Waals surface area (Å²) >= 11 is 1.56. The minimum Gasteiger partial charge on any atom is -0.481 e. The van der Waals surface area contributed by atoms with Crippen molar-refractivity contribution in [3.8, 4) is 11.1 Å². The van der Waals surface area contributed by atoms with E-state index in [1.165, 1.54) is 0 Å². The number of nitrogens with one attached hydrogen (secondary N) is 1. The van der Waals surface area contributed by atoms with Crippen LogP contribution >= 0.6 is 11.8 Å². The van der Waals surface area contributed by atoms with Crippen LogP contribution in [0.2, 0.25) is 0 Å². The monoisotopic (exact) mass is 655 g/mol. The lowest BCUT2D eigenvalue weighted by molar-refractivity contribution is -0.245. The summed E-state index contributed by atoms with van der Waals surface area (Å²) in [5.41, 5.74) is 5.84. The molecule has 1 aromatic heterocycles. The quantitative estimate of drug-likeness (QED) is 0.0662. The van der Waals surface area contributed by atoms with Crippen molar-refractivity contribution in [2.24, 2.45) is 0 Å². The Bertz CT molecular complexity index is 1590. The number of carbonyl (C=O) groups is 2. The third kappa shape index (κ3) is 10.7. The predicted molar refractivity (Wildman–Crippen MR) is 180 cm³/mol. The second-order valence-corrected chi connectivity index (χ2v) is 12.6. The number of carboxylic acid groups (broad SMARTS) is 1. The first-order valence-electron chi connectivity index (χ1n) is 16.0. The summed E-state index contributed by atoms with van der Waals surface area (Å²) < 4.78 is 13.1. The van der Waals surface area contributed by atoms with Crippen LogP contribution in [0.3, 0.4) is 0 Å². The number of rotatable bonds is 16. The molecule has 1 aliphatic rings. The lowest BCUT2D eigenvalue weighted by Crippen LogP contribution is -2.31. The molecule has 2 heterocycles. The topological polar surface area (TPSA) is 131 Å². The second-order valence-electron chi connectivity index (χ2n) is 11.6. The van der Waals surface area contributed by atoms with Gasteiger partial charge in [-0.1, -0.05) is 85.3 Å². The maximum Gasteiger partial charge on any atom is 0.303 e. The third-order valence-electron chi connectivity index (χ3n) is 8.01. The molecule has 0 unspecified atom stereocenters. The van der Waals surface area contributed by atoms with Crippen LogP contribution in [0.5, 0.6) is 0 Å². The van der Waals surface area contributed by atoms with Gasteiger partial charge in [0.05, 0.1) is 18.8 Å². The van der Waals surface area contributed by atoms with Gasteiger partial charge in [-0.2, -0.15) is 0 Å². The number of hydrogen-bond acceptors (Lipinski definition) is 8. The molecule has 0 radical (unpaired) electrons. The van der Waals surface area contributed by atoms with Crippen molar-refractivity contribution in [1.29, 1.82) is 0 Å². The molecule has 0 spiro atoms. The number of hydrogen-bond donors (Lipinski definition) is 3. The molecule has 0 aliphatic carbocycles. The van der Waals surface area contributed by atoms with Crippen molar-refractivity contribution < 1.29 is 29.3 Å². The molecule has 1 amide bonds. The van der Waals surface area contributed by atoms with E-state index in [0.717, 1.165) is 52.6 Å². The van der Waals surface area contributed by atoms with E-state index in [-0.39, 0.29) is 31.1 Å². The highest BCUT2D eigenvalue weighted by Crippen LogP contribution is 2.40. The van der Waals surface area contributed by atoms with E-state index in [4.69, 9.17) is 14.6 Å². The molecule has 3 N–H and O–H groups in total. The molecular weight excluding hydrogens is 614 g/mol. The van der Waals surface area contributed by atoms with Crippen LogP contribution in [-0.2, 0) is 32.2 Å². The predicted octanol–water partition coefficient (Wildman–Crippen LogP) is 7.02. The Morgan fingerprint density at radius 1 is 0.809 bits per heavy atom. The number of carboxylic acids is 1. The van der Waals surface area contributed by atoms with Gasteiger partial charge in [0.15, 0.2) is 11.4 Å². The number of aliphatic hydroxyl groups is 1. The smallest absolute Gasteiger partial charge is 0.303 e. The zero-order valence-corrected chi connectivity index (χ0v) is 27.1. The second kappa shape index (κ2) is 17.7. The number of unbranched alkanes of at least 4 members (excludes halogenated alkanes) is 3. The fraction of sp³-hybridized carbons (Fsp3) is 0.351. The van der Waals surface area contributed by atoms with Crippen molar-refractivity contribution in [3.05, 3.63) is 114 Å². The van der Waals surface area contributed by atoms with E-state index in [0.29, 0.717) is 36.7 Å². The van der Waals surface area contributed by atoms with Crippen LogP contribution in [0.1, 0.15) is 79.6 Å². The molecule has 10 heteroatoms. The first-order valence-corrected chi connectivity index (χ1v) is 17.0. The SMILES string of the molecule is O=C(O)CCCCCCC(=O)NCc1cccc(-c2cccc([C@H]3O[C@@H](CSc4ncccn4)C[C@@H](c4ccc(CO)cc4)O3)c2)c1. The van der Waals surface area contributed by atoms with Gasteiger partial charge in [-0.05, 0) is 58.9 Å². The number of benzene rings is 3. The van der Waals surface area contributed by atoms with Crippen molar-refractivity contribution >= 4 is 23.6 Å². The molecule has 246 valence electrons. The summed E-state index contributed by atoms with van der Waals surface area (Å²) in [6.07, 6.45) is 6.93. The van der Waals surface area contributed by atoms with E-state index in [2.05, 4.69) is 39.6 Å². The number of carbonyl (C=O) groups excluding carboxylic acids is 1. The van der Waals surface area contributed by atoms with Crippen LogP contribution in [0.4, 0.5) is 0 Å². The normalized spacial score (nSPS) is 17.7. The van der Waals surface area contributed by atoms with Gasteiger partial charge in [0.25, 0.3) is 0 Å². The summed E-state index contributed by atoms with van der Waals surface area (Å²) in [5, 5.41) is 22.0. The van der Waals surface area contributed by atoms with Gasteiger partial charge < -0.3 is 25.0 Å². The lowest BCUT2D eigenvalue weighted by Gasteiger charge is -2.36. The zero-order valence-electron chi connectivity index (χ0n) is 26.3. The first kappa shape index (κ1) is 34.3. The molecule has 1 fully saturated rings. The number of thioether (sulfide) groups is 1. The average molecular weight is 656 g/mol. The lowest BCUT2D eigenvalue weighted by atomic mass is 9.99. The number of aliphatic hydroxyl groups excluding tert-OH is 1. The number of amides is 1. The van der Waals surface area contributed by atoms with Gasteiger partial charge in [-0.25, -0.2) is 9.97 Å². The van der Waals surface area contributed by atoms with E-state index >= 15 is 0 Å². The van der Waals surface area contributed by atoms with E-state index < -0.39 is 12.3 Å². The fourth-order valence-corrected chi connectivity index (χ4v) is 6.30. The Labute approximate surface area is 279 Å². The maximum absolute atomic E-state index is 12.4. The highest BCUT2D eigenvalue weighted by Gasteiger charge is 2.32. The number of nitrogens with zero attached hydrogens (tertiary/aromatic N) is 2. The Hall–Kier alpha value is -4.09. The summed E-state index contributed by atoms with van der Waals surface area (Å²) in [7, 11) is 0. The number of ether oxygens (including phenoxy) is 2. The van der Waals surface area contributed by atoms with Crippen LogP contribution in [0.15, 0.2) is 96.4 Å². The fourth-order valence-electron chi connectivity index (χ4n) is 5.48. The molecule has 5 rings (SSSR count). The van der Waals surface area contributed by atoms with Crippen molar-refractivity contribution in [1.82, 2.24) is 15.3 Å². The Kier molecular flexibility index (Phi) is 12.9. The Morgan fingerprint density at radius 3 is 2.28 bits per heavy atom. The van der Waals surface area contributed by atoms with E-state index in [1.807, 2.05) is 48.5 Å². The first-order chi connectivity index (χ1) is 23.0. The molecule has 47 heavy (non-hydrogen) atoms. The number of aromatic nitrogens is 2. The molecule has 3 aromatic carbocycles. The maximum atomic E-state index is 12.4.